The molecule has 0 atom stereocenters. The third-order valence-electron chi connectivity index (χ3n) is 11.2. The van der Waals surface area contributed by atoms with Crippen molar-refractivity contribution in [2.45, 2.75) is 66.2 Å². The van der Waals surface area contributed by atoms with Crippen LogP contribution in [0.3, 0.4) is 0 Å². The second-order valence-electron chi connectivity index (χ2n) is 17.1. The number of nitrogens with one attached hydrogen (secondary N) is 4. The van der Waals surface area contributed by atoms with Crippen molar-refractivity contribution in [2.75, 3.05) is 19.8 Å². The van der Waals surface area contributed by atoms with E-state index in [2.05, 4.69) is 19.9 Å². The molecule has 0 aliphatic rings. The van der Waals surface area contributed by atoms with Gasteiger partial charge in [0, 0.05) is 78.4 Å². The molecule has 14 nitrogen and oxygen atoms in total. The summed E-state index contributed by atoms with van der Waals surface area (Å²) in [6, 6.07) is 29.6. The Morgan fingerprint density at radius 2 is 0.877 bits per heavy atom. The quantitative estimate of drug-likeness (QED) is 0.0237. The molecule has 81 heavy (non-hydrogen) atoms. The second kappa shape index (κ2) is 34.7. The predicted octanol–water partition coefficient (Wildman–Crippen LogP) is 16.2. The van der Waals surface area contributed by atoms with Crippen molar-refractivity contribution in [1.82, 2.24) is 19.9 Å². The zero-order chi connectivity index (χ0) is 59.6. The number of halogens is 8. The smallest absolute Gasteiger partial charge is 0.354 e. The van der Waals surface area contributed by atoms with Crippen LogP contribution in [0.2, 0.25) is 35.2 Å². The van der Waals surface area contributed by atoms with Crippen molar-refractivity contribution in [3.63, 3.8) is 0 Å². The number of aromatic nitrogens is 4. The van der Waals surface area contributed by atoms with Crippen LogP contribution in [0.1, 0.15) is 112 Å². The maximum Gasteiger partial charge on any atom is 0.354 e. The zero-order valence-electron chi connectivity index (χ0n) is 44.1. The summed E-state index contributed by atoms with van der Waals surface area (Å²) in [4.78, 5) is 78.5. The molecule has 0 bridgehead atoms. The first-order chi connectivity index (χ1) is 38.6. The van der Waals surface area contributed by atoms with Gasteiger partial charge in [-0.3, -0.25) is 9.59 Å². The maximum atomic E-state index is 12.2. The van der Waals surface area contributed by atoms with Gasteiger partial charge in [-0.15, -0.1) is 0 Å². The number of H-pyrrole nitrogens is 4. The number of carboxylic acids is 1. The molecular weight excluding hydrogens is 1210 g/mol. The molecule has 4 heterocycles. The van der Waals surface area contributed by atoms with Crippen LogP contribution in [0.4, 0.5) is 0 Å². The average molecular weight is 1260 g/mol. The van der Waals surface area contributed by atoms with Crippen LogP contribution in [0.5, 0.6) is 0 Å². The molecule has 0 aliphatic heterocycles. The van der Waals surface area contributed by atoms with Gasteiger partial charge in [0.1, 0.15) is 22.8 Å². The number of ketones is 1. The van der Waals surface area contributed by atoms with Crippen LogP contribution in [0.25, 0.3) is 0 Å². The fourth-order valence-electron chi connectivity index (χ4n) is 7.12. The summed E-state index contributed by atoms with van der Waals surface area (Å²) >= 11 is 46.7. The molecule has 0 saturated heterocycles. The van der Waals surface area contributed by atoms with Gasteiger partial charge in [0.05, 0.1) is 19.8 Å². The molecule has 0 radical (unpaired) electrons. The summed E-state index contributed by atoms with van der Waals surface area (Å²) in [7, 11) is 0. The molecule has 0 spiro atoms. The lowest BCUT2D eigenvalue weighted by atomic mass is 10.1. The summed E-state index contributed by atoms with van der Waals surface area (Å²) < 4.78 is 14.5. The summed E-state index contributed by atoms with van der Waals surface area (Å²) in [6.45, 7) is 8.24. The molecule has 0 unspecified atom stereocenters. The Balaban J connectivity index is 0.000000223. The van der Waals surface area contributed by atoms with E-state index >= 15 is 0 Å². The molecule has 0 fully saturated rings. The number of aromatic carboxylic acids is 1. The highest BCUT2D eigenvalue weighted by atomic mass is 35.5. The predicted molar refractivity (Wildman–Crippen MR) is 321 cm³/mol. The first-order valence-electron chi connectivity index (χ1n) is 24.8. The van der Waals surface area contributed by atoms with Gasteiger partial charge in [-0.25, -0.2) is 19.2 Å². The third kappa shape index (κ3) is 23.5. The Morgan fingerprint density at radius 1 is 0.457 bits per heavy atom. The van der Waals surface area contributed by atoms with Gasteiger partial charge in [-0.05, 0) is 183 Å². The molecule has 8 aromatic rings. The van der Waals surface area contributed by atoms with Gasteiger partial charge in [-0.2, -0.15) is 0 Å². The van der Waals surface area contributed by atoms with Crippen molar-refractivity contribution >= 4 is 128 Å². The van der Waals surface area contributed by atoms with Gasteiger partial charge in [0.2, 0.25) is 5.24 Å². The highest BCUT2D eigenvalue weighted by molar-refractivity contribution is 6.63. The lowest BCUT2D eigenvalue weighted by molar-refractivity contribution is -0.111. The van der Waals surface area contributed by atoms with Crippen LogP contribution in [-0.4, -0.2) is 79.8 Å². The molecule has 22 heteroatoms. The number of aromatic amines is 4. The second-order valence-corrected chi connectivity index (χ2v) is 20.5. The number of esters is 3. The van der Waals surface area contributed by atoms with Gasteiger partial charge in [0.25, 0.3) is 0 Å². The van der Waals surface area contributed by atoms with Crippen LogP contribution in [0.15, 0.2) is 128 Å². The van der Waals surface area contributed by atoms with Gasteiger partial charge in [-0.1, -0.05) is 105 Å². The van der Waals surface area contributed by atoms with Crippen molar-refractivity contribution in [3.05, 3.63) is 230 Å². The number of Topliss-reactive ketones (excluding diaryl/α,β-unsaturated/α-hetero) is 1. The van der Waals surface area contributed by atoms with E-state index in [-0.39, 0.29) is 53.8 Å². The normalized spacial score (nSPS) is 10.3. The molecule has 0 saturated carbocycles. The van der Waals surface area contributed by atoms with E-state index in [0.29, 0.717) is 70.9 Å². The minimum atomic E-state index is -0.953. The number of ether oxygens (including phenoxy) is 3. The summed E-state index contributed by atoms with van der Waals surface area (Å²) in [5.74, 6) is -2.21. The highest BCUT2D eigenvalue weighted by Gasteiger charge is 2.16. The van der Waals surface area contributed by atoms with Crippen molar-refractivity contribution in [3.8, 4) is 0 Å². The lowest BCUT2D eigenvalue weighted by Crippen LogP contribution is -2.05. The van der Waals surface area contributed by atoms with Crippen LogP contribution in [-0.2, 0) is 57.5 Å². The number of benzene rings is 4. The number of carbonyl (C=O) groups excluding carboxylic acids is 5. The Kier molecular flexibility index (Phi) is 28.8. The molecule has 4 aromatic carbocycles. The van der Waals surface area contributed by atoms with Gasteiger partial charge < -0.3 is 39.3 Å². The minimum Gasteiger partial charge on any atom is -0.477 e. The van der Waals surface area contributed by atoms with E-state index in [0.717, 1.165) is 59.1 Å². The first kappa shape index (κ1) is 67.0. The molecule has 8 rings (SSSR count). The molecule has 5 N–H and O–H groups in total. The number of carboxylic acid groups (broad SMARTS) is 1. The summed E-state index contributed by atoms with van der Waals surface area (Å²) in [5.41, 5.74) is 8.47. The Bertz CT molecular complexity index is 3370. The molecule has 0 aliphatic carbocycles. The molecule has 4 aromatic heterocycles. The van der Waals surface area contributed by atoms with E-state index in [1.54, 1.807) is 93.8 Å². The monoisotopic (exact) mass is 1260 g/mol. The van der Waals surface area contributed by atoms with E-state index < -0.39 is 11.9 Å². The van der Waals surface area contributed by atoms with Crippen molar-refractivity contribution < 1.29 is 48.1 Å². The standard InChI is InChI=1S/C15H13Cl2NO3.C15H15Cl2NO2.C13H11Cl2NO2.C9H8Cl2O.C7H9NO2/c1-2-21-15(20)13-5-10(8-18-13)14(19)6-9-3-4-11(16)7-12(9)17;1-2-20-15(19)14-7-10(9-18-14)3-4-11-5-6-12(16)8-13(11)17;14-10-4-3-9(11(15)6-10)2-1-8-5-12(13(17)18)16-7-8;1-6-4-8(10)3-2-7(6)5-9(11)12;1-2-10-7(9)6-4-3-5-8-6/h3-5,7-8,18H,2,6H2,1H3;5-9,18H,2-4H2,1H3;3-7,16H,1-2H2,(H,17,18);2-4H,5H2,1H3;3-5,8H,2H2,1H3. The zero-order valence-corrected chi connectivity index (χ0v) is 50.2. The lowest BCUT2D eigenvalue weighted by Gasteiger charge is -2.03. The summed E-state index contributed by atoms with van der Waals surface area (Å²) in [5, 5.41) is 12.6. The fraction of sp³-hybridized carbons (Fsp3) is 0.220. The van der Waals surface area contributed by atoms with E-state index in [1.165, 1.54) is 12.3 Å². The molecule has 0 amide bonds. The van der Waals surface area contributed by atoms with Crippen molar-refractivity contribution in [2.24, 2.45) is 0 Å². The largest absolute Gasteiger partial charge is 0.477 e. The number of hydrogen-bond acceptors (Lipinski definition) is 9. The topological polar surface area (TPSA) is 213 Å². The first-order valence-corrected chi connectivity index (χ1v) is 27.8. The molecular formula is C59H56Cl8N4O10. The average Bonchev–Trinajstić information content (AvgIpc) is 4.28. The SMILES string of the molecule is CCOC(=O)c1cc(C(=O)Cc2ccc(Cl)cc2Cl)c[nH]1.CCOC(=O)c1cc(CCc2ccc(Cl)cc2Cl)c[nH]1.CCOC(=O)c1ccc[nH]1.Cc1cc(Cl)ccc1CC(=O)Cl.O=C(O)c1cc(CCc2ccc(Cl)cc2Cl)c[nH]1. The number of rotatable bonds is 18. The van der Waals surface area contributed by atoms with E-state index in [9.17, 15) is 28.8 Å². The van der Waals surface area contributed by atoms with Crippen molar-refractivity contribution in [1.29, 1.82) is 0 Å². The Hall–Kier alpha value is -6.46. The highest BCUT2D eigenvalue weighted by Crippen LogP contribution is 2.25. The minimum absolute atomic E-state index is 0.135. The Labute approximate surface area is 508 Å². The van der Waals surface area contributed by atoms with E-state index in [1.807, 2.05) is 49.5 Å². The maximum absolute atomic E-state index is 12.2. The number of aryl methyl sites for hydroxylation is 5. The number of hydrogen-bond donors (Lipinski definition) is 5. The van der Waals surface area contributed by atoms with Gasteiger partial charge in [0.15, 0.2) is 5.78 Å². The van der Waals surface area contributed by atoms with Gasteiger partial charge >= 0.3 is 23.9 Å². The summed E-state index contributed by atoms with van der Waals surface area (Å²) in [6.07, 6.45) is 10.1. The van der Waals surface area contributed by atoms with E-state index in [4.69, 9.17) is 112 Å². The Morgan fingerprint density at radius 3 is 1.30 bits per heavy atom. The fourth-order valence-corrected chi connectivity index (χ4v) is 8.97. The van der Waals surface area contributed by atoms with Crippen LogP contribution in [0, 0.1) is 6.92 Å². The van der Waals surface area contributed by atoms with Crippen LogP contribution < -0.4 is 0 Å². The van der Waals surface area contributed by atoms with Crippen LogP contribution >= 0.6 is 92.8 Å². The molecule has 428 valence electrons. The number of carbonyl (C=O) groups is 6. The third-order valence-corrected chi connectivity index (χ3v) is 13.3.